The van der Waals surface area contributed by atoms with Crippen molar-refractivity contribution in [1.29, 1.82) is 5.26 Å². The van der Waals surface area contributed by atoms with Crippen molar-refractivity contribution >= 4 is 11.9 Å². The third-order valence-corrected chi connectivity index (χ3v) is 4.83. The molecular formula is C20H29N5O. The number of nitrogens with one attached hydrogen (secondary N) is 2. The van der Waals surface area contributed by atoms with Crippen molar-refractivity contribution in [1.82, 2.24) is 15.5 Å². The molecule has 0 aromatic heterocycles. The Hall–Kier alpha value is -2.55. The third kappa shape index (κ3) is 4.98. The lowest BCUT2D eigenvalue weighted by Gasteiger charge is -2.31. The number of carbonyl (C=O) groups is 1. The molecule has 0 heterocycles. The van der Waals surface area contributed by atoms with Crippen LogP contribution in [0.25, 0.3) is 0 Å². The van der Waals surface area contributed by atoms with Gasteiger partial charge in [0.15, 0.2) is 5.96 Å². The molecule has 1 amide bonds. The van der Waals surface area contributed by atoms with Crippen molar-refractivity contribution in [2.75, 3.05) is 27.2 Å². The lowest BCUT2D eigenvalue weighted by atomic mass is 9.84. The second-order valence-electron chi connectivity index (χ2n) is 7.05. The van der Waals surface area contributed by atoms with Gasteiger partial charge in [-0.2, -0.15) is 5.26 Å². The first-order valence-corrected chi connectivity index (χ1v) is 9.24. The fourth-order valence-electron chi connectivity index (χ4n) is 3.50. The second-order valence-corrected chi connectivity index (χ2v) is 7.05. The SMILES string of the molecule is CCNC(=NCc1cccc(C#N)c1)NCC1(C(=O)N(C)C)CCCC1. The van der Waals surface area contributed by atoms with Crippen LogP contribution >= 0.6 is 0 Å². The summed E-state index contributed by atoms with van der Waals surface area (Å²) in [6.07, 6.45) is 4.02. The van der Waals surface area contributed by atoms with E-state index in [-0.39, 0.29) is 11.3 Å². The lowest BCUT2D eigenvalue weighted by molar-refractivity contribution is -0.138. The summed E-state index contributed by atoms with van der Waals surface area (Å²) in [6.45, 7) is 3.84. The highest BCUT2D eigenvalue weighted by molar-refractivity contribution is 5.85. The number of hydrogen-bond donors (Lipinski definition) is 2. The number of benzene rings is 1. The van der Waals surface area contributed by atoms with E-state index in [0.717, 1.165) is 37.8 Å². The molecule has 6 nitrogen and oxygen atoms in total. The molecule has 0 saturated heterocycles. The molecule has 1 fully saturated rings. The normalized spacial score (nSPS) is 16.0. The van der Waals surface area contributed by atoms with Gasteiger partial charge in [-0.15, -0.1) is 0 Å². The van der Waals surface area contributed by atoms with Crippen molar-refractivity contribution in [3.05, 3.63) is 35.4 Å². The van der Waals surface area contributed by atoms with Crippen molar-refractivity contribution in [3.8, 4) is 6.07 Å². The second kappa shape index (κ2) is 9.23. The molecule has 1 aliphatic rings. The van der Waals surface area contributed by atoms with E-state index in [9.17, 15) is 4.79 Å². The van der Waals surface area contributed by atoms with Crippen molar-refractivity contribution in [3.63, 3.8) is 0 Å². The van der Waals surface area contributed by atoms with Crippen LogP contribution in [0.1, 0.15) is 43.7 Å². The molecular weight excluding hydrogens is 326 g/mol. The van der Waals surface area contributed by atoms with Crippen LogP contribution in [0, 0.1) is 16.7 Å². The highest BCUT2D eigenvalue weighted by Crippen LogP contribution is 2.38. The van der Waals surface area contributed by atoms with Gasteiger partial charge in [0.05, 0.1) is 23.6 Å². The van der Waals surface area contributed by atoms with E-state index in [2.05, 4.69) is 21.7 Å². The zero-order valence-electron chi connectivity index (χ0n) is 16.0. The van der Waals surface area contributed by atoms with Gasteiger partial charge in [0.2, 0.25) is 5.91 Å². The molecule has 0 radical (unpaired) electrons. The molecule has 26 heavy (non-hydrogen) atoms. The Labute approximate surface area is 156 Å². The van der Waals surface area contributed by atoms with Gasteiger partial charge < -0.3 is 15.5 Å². The zero-order chi connectivity index (χ0) is 19.0. The van der Waals surface area contributed by atoms with Gasteiger partial charge in [-0.1, -0.05) is 25.0 Å². The minimum Gasteiger partial charge on any atom is -0.357 e. The van der Waals surface area contributed by atoms with Gasteiger partial charge in [-0.05, 0) is 37.5 Å². The van der Waals surface area contributed by atoms with E-state index in [1.807, 2.05) is 39.2 Å². The van der Waals surface area contributed by atoms with E-state index in [0.29, 0.717) is 24.6 Å². The number of aliphatic imine (C=N–C) groups is 1. The van der Waals surface area contributed by atoms with E-state index in [1.54, 1.807) is 11.0 Å². The molecule has 2 N–H and O–H groups in total. The van der Waals surface area contributed by atoms with Gasteiger partial charge in [0.1, 0.15) is 0 Å². The van der Waals surface area contributed by atoms with Crippen LogP contribution in [-0.4, -0.2) is 44.0 Å². The maximum atomic E-state index is 12.7. The number of hydrogen-bond acceptors (Lipinski definition) is 3. The molecule has 1 aromatic carbocycles. The van der Waals surface area contributed by atoms with Crippen molar-refractivity contribution in [2.45, 2.75) is 39.2 Å². The summed E-state index contributed by atoms with van der Waals surface area (Å²) in [7, 11) is 3.65. The van der Waals surface area contributed by atoms with Gasteiger partial charge >= 0.3 is 0 Å². The number of guanidine groups is 1. The molecule has 0 aliphatic heterocycles. The van der Waals surface area contributed by atoms with Crippen molar-refractivity contribution in [2.24, 2.45) is 10.4 Å². The van der Waals surface area contributed by atoms with Crippen LogP contribution in [0.15, 0.2) is 29.3 Å². The molecule has 1 aliphatic carbocycles. The molecule has 0 atom stereocenters. The predicted molar refractivity (Wildman–Crippen MR) is 104 cm³/mol. The highest BCUT2D eigenvalue weighted by atomic mass is 16.2. The lowest BCUT2D eigenvalue weighted by Crippen LogP contribution is -2.49. The first kappa shape index (κ1) is 19.8. The Morgan fingerprint density at radius 3 is 2.65 bits per heavy atom. The zero-order valence-corrected chi connectivity index (χ0v) is 16.0. The maximum absolute atomic E-state index is 12.7. The molecule has 0 unspecified atom stereocenters. The van der Waals surface area contributed by atoms with Crippen LogP contribution < -0.4 is 10.6 Å². The maximum Gasteiger partial charge on any atom is 0.230 e. The van der Waals surface area contributed by atoms with Crippen LogP contribution in [0.3, 0.4) is 0 Å². The summed E-state index contributed by atoms with van der Waals surface area (Å²) in [5.74, 6) is 0.896. The Morgan fingerprint density at radius 2 is 2.04 bits per heavy atom. The summed E-state index contributed by atoms with van der Waals surface area (Å²) >= 11 is 0. The Morgan fingerprint density at radius 1 is 1.31 bits per heavy atom. The fourth-order valence-corrected chi connectivity index (χ4v) is 3.50. The van der Waals surface area contributed by atoms with Gasteiger partial charge in [0, 0.05) is 27.2 Å². The molecule has 1 aromatic rings. The molecule has 140 valence electrons. The largest absolute Gasteiger partial charge is 0.357 e. The van der Waals surface area contributed by atoms with E-state index in [1.165, 1.54) is 0 Å². The Balaban J connectivity index is 2.06. The molecule has 6 heteroatoms. The van der Waals surface area contributed by atoms with Crippen LogP contribution in [0.4, 0.5) is 0 Å². The standard InChI is InChI=1S/C20H29N5O/c1-4-22-19(23-14-17-9-7-8-16(12-17)13-21)24-15-20(10-5-6-11-20)18(26)25(2)3/h7-9,12H,4-6,10-11,14-15H2,1-3H3,(H2,22,23,24). The van der Waals surface area contributed by atoms with Gasteiger partial charge in [0.25, 0.3) is 0 Å². The van der Waals surface area contributed by atoms with Crippen LogP contribution in [0.2, 0.25) is 0 Å². The van der Waals surface area contributed by atoms with E-state index in [4.69, 9.17) is 5.26 Å². The summed E-state index contributed by atoms with van der Waals surface area (Å²) in [5, 5.41) is 15.6. The third-order valence-electron chi connectivity index (χ3n) is 4.83. The molecule has 2 rings (SSSR count). The van der Waals surface area contributed by atoms with E-state index < -0.39 is 0 Å². The van der Waals surface area contributed by atoms with Crippen molar-refractivity contribution < 1.29 is 4.79 Å². The fraction of sp³-hybridized carbons (Fsp3) is 0.550. The van der Waals surface area contributed by atoms with Gasteiger partial charge in [-0.3, -0.25) is 4.79 Å². The summed E-state index contributed by atoms with van der Waals surface area (Å²) in [5.41, 5.74) is 1.29. The predicted octanol–water partition coefficient (Wildman–Crippen LogP) is 2.26. The van der Waals surface area contributed by atoms with Gasteiger partial charge in [-0.25, -0.2) is 4.99 Å². The van der Waals surface area contributed by atoms with Crippen LogP contribution in [-0.2, 0) is 11.3 Å². The quantitative estimate of drug-likeness (QED) is 0.606. The molecule has 1 saturated carbocycles. The average molecular weight is 355 g/mol. The number of nitriles is 1. The molecule has 0 spiro atoms. The number of amides is 1. The minimum atomic E-state index is -0.333. The monoisotopic (exact) mass is 355 g/mol. The van der Waals surface area contributed by atoms with Crippen LogP contribution in [0.5, 0.6) is 0 Å². The van der Waals surface area contributed by atoms with E-state index >= 15 is 0 Å². The highest BCUT2D eigenvalue weighted by Gasteiger charge is 2.42. The minimum absolute atomic E-state index is 0.195. The Bertz CT molecular complexity index is 684. The summed E-state index contributed by atoms with van der Waals surface area (Å²) in [6, 6.07) is 9.61. The summed E-state index contributed by atoms with van der Waals surface area (Å²) in [4.78, 5) is 19.0. The first-order chi connectivity index (χ1) is 12.5. The number of carbonyl (C=O) groups excluding carboxylic acids is 1. The first-order valence-electron chi connectivity index (χ1n) is 9.24. The topological polar surface area (TPSA) is 80.5 Å². The smallest absolute Gasteiger partial charge is 0.230 e. The Kier molecular flexibility index (Phi) is 7.02. The number of rotatable bonds is 6. The number of nitrogens with zero attached hydrogens (tertiary/aromatic N) is 3. The summed E-state index contributed by atoms with van der Waals surface area (Å²) < 4.78 is 0. The molecule has 0 bridgehead atoms. The average Bonchev–Trinajstić information content (AvgIpc) is 3.13.